The Kier molecular flexibility index (Phi) is 9.19. The average molecular weight is 597 g/mol. The number of carbonyl (C=O) groups is 1. The Morgan fingerprint density at radius 3 is 2.33 bits per heavy atom. The number of rotatable bonds is 10. The zero-order valence-corrected chi connectivity index (χ0v) is 22.3. The Balaban J connectivity index is 1.49. The van der Waals surface area contributed by atoms with Crippen molar-refractivity contribution in [2.75, 3.05) is 11.9 Å². The molecule has 40 heavy (non-hydrogen) atoms. The number of para-hydroxylation sites is 1. The number of nitrogens with zero attached hydrogens (tertiary/aromatic N) is 1. The van der Waals surface area contributed by atoms with Crippen LogP contribution in [0.4, 0.5) is 10.5 Å². The summed E-state index contributed by atoms with van der Waals surface area (Å²) in [5.41, 5.74) is -0.954. The zero-order chi connectivity index (χ0) is 28.9. The maximum atomic E-state index is 12.5. The number of carbonyl (C=O) groups excluding carboxylic acids is 1. The lowest BCUT2D eigenvalue weighted by molar-refractivity contribution is -0.0543. The molecule has 2 heterocycles. The summed E-state index contributed by atoms with van der Waals surface area (Å²) in [4.78, 5) is 58.4. The van der Waals surface area contributed by atoms with Crippen molar-refractivity contribution in [2.24, 2.45) is 0 Å². The van der Waals surface area contributed by atoms with Crippen molar-refractivity contribution in [2.45, 2.75) is 30.7 Å². The number of hydrogen-bond acceptors (Lipinski definition) is 10. The van der Waals surface area contributed by atoms with Crippen molar-refractivity contribution in [3.8, 4) is 0 Å². The van der Waals surface area contributed by atoms with E-state index in [0.717, 1.165) is 16.8 Å². The van der Waals surface area contributed by atoms with E-state index >= 15 is 0 Å². The number of aromatic nitrogens is 2. The van der Waals surface area contributed by atoms with E-state index in [1.165, 1.54) is 12.1 Å². The van der Waals surface area contributed by atoms with Gasteiger partial charge in [-0.1, -0.05) is 48.5 Å². The summed E-state index contributed by atoms with van der Waals surface area (Å²) in [6.07, 6.45) is -6.87. The number of anilines is 1. The number of ether oxygens (including phenoxy) is 2. The normalized spacial score (nSPS) is 23.6. The smallest absolute Gasteiger partial charge is 0.440 e. The predicted molar refractivity (Wildman–Crippen MR) is 138 cm³/mol. The van der Waals surface area contributed by atoms with Gasteiger partial charge in [0.05, 0.1) is 12.8 Å². The Labute approximate surface area is 226 Å². The molecule has 1 amide bonds. The first-order valence-electron chi connectivity index (χ1n) is 11.6. The number of phosphoric ester groups is 1. The van der Waals surface area contributed by atoms with Gasteiger partial charge in [0.15, 0.2) is 12.3 Å². The number of H-pyrrole nitrogens is 1. The molecule has 2 aromatic carbocycles. The molecule has 0 spiro atoms. The van der Waals surface area contributed by atoms with Crippen LogP contribution >= 0.6 is 15.4 Å². The van der Waals surface area contributed by atoms with Crippen molar-refractivity contribution < 1.29 is 47.1 Å². The zero-order valence-electron chi connectivity index (χ0n) is 20.5. The lowest BCUT2D eigenvalue weighted by Crippen LogP contribution is -2.40. The highest BCUT2D eigenvalue weighted by Crippen LogP contribution is 2.61. The standard InChI is InChI=1S/C23H25N3O12P2/c27-18-11-12-26(22(29)25-18)21-19(28)20(37-23(30)24-16-9-5-2-6-10-16)17(36-21)13-35-40(33,34)38-39(31,32)14-15-7-3-1-4-8-15/h1-12,17,19-21,28H,13-14H2,(H,24,30)(H,31,32)(H,33,34)(H,25,27,29)/t17-,19?,20?,21-/m1/s1. The number of hydrogen-bond donors (Lipinski definition) is 5. The van der Waals surface area contributed by atoms with Gasteiger partial charge in [0.2, 0.25) is 0 Å². The van der Waals surface area contributed by atoms with Gasteiger partial charge >= 0.3 is 27.2 Å². The number of nitrogens with one attached hydrogen (secondary N) is 2. The van der Waals surface area contributed by atoms with E-state index < -0.39 is 70.1 Å². The largest absolute Gasteiger partial charge is 0.479 e. The molecule has 4 rings (SSSR count). The molecule has 4 unspecified atom stereocenters. The Morgan fingerprint density at radius 1 is 1.02 bits per heavy atom. The second-order valence-corrected chi connectivity index (χ2v) is 12.0. The van der Waals surface area contributed by atoms with Gasteiger partial charge in [-0.2, -0.15) is 0 Å². The number of aromatic amines is 1. The van der Waals surface area contributed by atoms with Gasteiger partial charge < -0.3 is 24.4 Å². The lowest BCUT2D eigenvalue weighted by Gasteiger charge is -2.22. The molecular formula is C23H25N3O12P2. The number of benzene rings is 2. The summed E-state index contributed by atoms with van der Waals surface area (Å²) < 4.78 is 46.1. The van der Waals surface area contributed by atoms with Gasteiger partial charge in [-0.05, 0) is 17.7 Å². The highest BCUT2D eigenvalue weighted by molar-refractivity contribution is 7.63. The van der Waals surface area contributed by atoms with Crippen molar-refractivity contribution in [3.05, 3.63) is 99.3 Å². The Hall–Kier alpha value is -3.39. The van der Waals surface area contributed by atoms with Crippen LogP contribution in [-0.2, 0) is 33.6 Å². The van der Waals surface area contributed by atoms with Crippen LogP contribution in [0.15, 0.2) is 82.5 Å². The van der Waals surface area contributed by atoms with Crippen LogP contribution in [-0.4, -0.2) is 55.5 Å². The van der Waals surface area contributed by atoms with Gasteiger partial charge in [-0.15, -0.1) is 0 Å². The highest BCUT2D eigenvalue weighted by atomic mass is 31.3. The molecule has 0 radical (unpaired) electrons. The minimum atomic E-state index is -5.19. The summed E-state index contributed by atoms with van der Waals surface area (Å²) in [5, 5.41) is 13.3. The topological polar surface area (TPSA) is 216 Å². The molecule has 0 aliphatic carbocycles. The van der Waals surface area contributed by atoms with Gasteiger partial charge in [0, 0.05) is 18.0 Å². The van der Waals surface area contributed by atoms with Crippen molar-refractivity contribution >= 4 is 27.2 Å². The SMILES string of the molecule is O=C(Nc1ccccc1)OC1C(O)[C@H](n2ccc(=O)[nH]c2=O)O[C@@H]1COP(=O)(O)OP(=O)(O)Cc1ccccc1. The maximum absolute atomic E-state index is 12.5. The summed E-state index contributed by atoms with van der Waals surface area (Å²) in [6.45, 7) is -0.881. The van der Waals surface area contributed by atoms with E-state index in [-0.39, 0.29) is 0 Å². The van der Waals surface area contributed by atoms with E-state index in [1.807, 2.05) is 4.98 Å². The fraction of sp³-hybridized carbons (Fsp3) is 0.261. The van der Waals surface area contributed by atoms with Crippen molar-refractivity contribution in [1.82, 2.24) is 9.55 Å². The van der Waals surface area contributed by atoms with Crippen LogP contribution < -0.4 is 16.6 Å². The molecule has 1 aromatic heterocycles. The molecule has 214 valence electrons. The van der Waals surface area contributed by atoms with Crippen LogP contribution in [0.5, 0.6) is 0 Å². The molecule has 6 atom stereocenters. The molecule has 1 aliphatic rings. The van der Waals surface area contributed by atoms with Crippen LogP contribution in [0.3, 0.4) is 0 Å². The Morgan fingerprint density at radius 2 is 1.68 bits per heavy atom. The number of amides is 1. The van der Waals surface area contributed by atoms with E-state index in [1.54, 1.807) is 48.5 Å². The molecule has 17 heteroatoms. The fourth-order valence-corrected chi connectivity index (χ4v) is 6.56. The molecule has 5 N–H and O–H groups in total. The first-order chi connectivity index (χ1) is 18.9. The summed E-state index contributed by atoms with van der Waals surface area (Å²) in [5.74, 6) is 0. The van der Waals surface area contributed by atoms with Crippen molar-refractivity contribution in [3.63, 3.8) is 0 Å². The second kappa shape index (κ2) is 12.4. The summed E-state index contributed by atoms with van der Waals surface area (Å²) in [7, 11) is -9.85. The van der Waals surface area contributed by atoms with Gasteiger partial charge in [-0.25, -0.2) is 18.5 Å². The second-order valence-electron chi connectivity index (χ2n) is 8.56. The van der Waals surface area contributed by atoms with E-state index in [0.29, 0.717) is 11.3 Å². The van der Waals surface area contributed by atoms with Crippen LogP contribution in [0.25, 0.3) is 0 Å². The summed E-state index contributed by atoms with van der Waals surface area (Å²) in [6, 6.07) is 17.0. The minimum Gasteiger partial charge on any atom is -0.440 e. The number of phosphoric acid groups is 1. The minimum absolute atomic E-state index is 0.354. The van der Waals surface area contributed by atoms with E-state index in [4.69, 9.17) is 14.0 Å². The first kappa shape index (κ1) is 29.6. The van der Waals surface area contributed by atoms with Gasteiger partial charge in [0.25, 0.3) is 5.56 Å². The molecule has 0 saturated carbocycles. The predicted octanol–water partition coefficient (Wildman–Crippen LogP) is 1.93. The van der Waals surface area contributed by atoms with Gasteiger partial charge in [-0.3, -0.25) is 28.8 Å². The fourth-order valence-electron chi connectivity index (χ4n) is 3.84. The third-order valence-electron chi connectivity index (χ3n) is 5.56. The Bertz CT molecular complexity index is 1530. The average Bonchev–Trinajstić information content (AvgIpc) is 3.18. The monoisotopic (exact) mass is 597 g/mol. The molecule has 1 aliphatic heterocycles. The van der Waals surface area contributed by atoms with Crippen molar-refractivity contribution in [1.29, 1.82) is 0 Å². The number of aliphatic hydroxyl groups is 1. The van der Waals surface area contributed by atoms with Crippen LogP contribution in [0, 0.1) is 0 Å². The number of aliphatic hydroxyl groups excluding tert-OH is 1. The quantitative estimate of drug-likeness (QED) is 0.212. The van der Waals surface area contributed by atoms with Gasteiger partial charge in [0.1, 0.15) is 12.2 Å². The van der Waals surface area contributed by atoms with Crippen LogP contribution in [0.2, 0.25) is 0 Å². The lowest BCUT2D eigenvalue weighted by atomic mass is 10.1. The third-order valence-corrected chi connectivity index (χ3v) is 8.64. The molecular weight excluding hydrogens is 572 g/mol. The molecule has 1 saturated heterocycles. The van der Waals surface area contributed by atoms with E-state index in [9.17, 15) is 38.4 Å². The van der Waals surface area contributed by atoms with E-state index in [2.05, 4.69) is 9.63 Å². The molecule has 0 bridgehead atoms. The molecule has 1 fully saturated rings. The first-order valence-corrected chi connectivity index (χ1v) is 14.9. The third kappa shape index (κ3) is 7.84. The summed E-state index contributed by atoms with van der Waals surface area (Å²) >= 11 is 0. The molecule has 15 nitrogen and oxygen atoms in total. The van der Waals surface area contributed by atoms with Crippen LogP contribution in [0.1, 0.15) is 11.8 Å². The highest BCUT2D eigenvalue weighted by Gasteiger charge is 2.49. The molecule has 3 aromatic rings. The maximum Gasteiger partial charge on any atom is 0.479 e.